The number of hydrogen-bond acceptors (Lipinski definition) is 6. The van der Waals surface area contributed by atoms with Gasteiger partial charge in [-0.05, 0) is 49.7 Å². The Hall–Kier alpha value is -3.46. The molecule has 1 aliphatic carbocycles. The maximum Gasteiger partial charge on any atom is 0.222 e. The molecule has 34 heavy (non-hydrogen) atoms. The fraction of sp³-hybridized carbons (Fsp3) is 0.360. The molecule has 0 radical (unpaired) electrons. The van der Waals surface area contributed by atoms with E-state index in [1.54, 1.807) is 17.3 Å². The summed E-state index contributed by atoms with van der Waals surface area (Å²) < 4.78 is 28.1. The average Bonchev–Trinajstić information content (AvgIpc) is 2.81. The summed E-state index contributed by atoms with van der Waals surface area (Å²) in [6.45, 7) is 1.99. The fourth-order valence-electron chi connectivity index (χ4n) is 4.85. The number of alkyl halides is 1. The lowest BCUT2D eigenvalue weighted by Gasteiger charge is -2.43. The lowest BCUT2D eigenvalue weighted by molar-refractivity contribution is -0.108. The van der Waals surface area contributed by atoms with Crippen molar-refractivity contribution in [1.29, 1.82) is 0 Å². The van der Waals surface area contributed by atoms with Gasteiger partial charge in [0.25, 0.3) is 0 Å². The van der Waals surface area contributed by atoms with Crippen LogP contribution in [0.15, 0.2) is 55.0 Å². The van der Waals surface area contributed by atoms with E-state index in [0.29, 0.717) is 12.5 Å². The number of halogens is 2. The highest BCUT2D eigenvalue weighted by atomic mass is 19.1. The number of hydrogen-bond donors (Lipinski definition) is 1. The lowest BCUT2D eigenvalue weighted by Crippen LogP contribution is -2.57. The van der Waals surface area contributed by atoms with Crippen molar-refractivity contribution < 1.29 is 13.6 Å². The van der Waals surface area contributed by atoms with Crippen molar-refractivity contribution in [3.63, 3.8) is 0 Å². The Kier molecular flexibility index (Phi) is 5.95. The molecule has 1 saturated heterocycles. The van der Waals surface area contributed by atoms with Crippen LogP contribution in [0, 0.1) is 5.82 Å². The smallest absolute Gasteiger partial charge is 0.222 e. The number of carbonyl (C=O) groups excluding carboxylic acids is 1. The van der Waals surface area contributed by atoms with Gasteiger partial charge >= 0.3 is 0 Å². The molecule has 2 fully saturated rings. The first-order valence-corrected chi connectivity index (χ1v) is 11.3. The van der Waals surface area contributed by atoms with E-state index < -0.39 is 17.4 Å². The first-order chi connectivity index (χ1) is 16.5. The molecule has 3 heterocycles. The minimum absolute atomic E-state index is 0.173. The Morgan fingerprint density at radius 3 is 2.56 bits per heavy atom. The van der Waals surface area contributed by atoms with Gasteiger partial charge in [-0.2, -0.15) is 0 Å². The highest BCUT2D eigenvalue weighted by molar-refractivity contribution is 5.79. The third-order valence-corrected chi connectivity index (χ3v) is 6.75. The second-order valence-electron chi connectivity index (χ2n) is 9.21. The summed E-state index contributed by atoms with van der Waals surface area (Å²) >= 11 is 0. The molecule has 1 aromatic carbocycles. The highest BCUT2D eigenvalue weighted by Gasteiger charge is 2.48. The van der Waals surface area contributed by atoms with Gasteiger partial charge in [0.15, 0.2) is 0 Å². The van der Waals surface area contributed by atoms with Crippen molar-refractivity contribution in [2.24, 2.45) is 0 Å². The Balaban J connectivity index is 1.29. The van der Waals surface area contributed by atoms with E-state index in [0.717, 1.165) is 36.3 Å². The van der Waals surface area contributed by atoms with Crippen LogP contribution in [0.3, 0.4) is 0 Å². The molecule has 9 heteroatoms. The zero-order valence-electron chi connectivity index (χ0n) is 18.9. The number of rotatable bonds is 8. The van der Waals surface area contributed by atoms with E-state index in [4.69, 9.17) is 0 Å². The quantitative estimate of drug-likeness (QED) is 0.515. The number of anilines is 2. The molecule has 176 valence electrons. The van der Waals surface area contributed by atoms with Gasteiger partial charge in [-0.1, -0.05) is 12.1 Å². The van der Waals surface area contributed by atoms with Crippen LogP contribution < -0.4 is 10.2 Å². The fourth-order valence-corrected chi connectivity index (χ4v) is 4.85. The summed E-state index contributed by atoms with van der Waals surface area (Å²) in [4.78, 5) is 28.6. The number of benzene rings is 1. The van der Waals surface area contributed by atoms with Gasteiger partial charge in [0.1, 0.15) is 12.0 Å². The minimum atomic E-state index is -0.968. The number of nitrogens with one attached hydrogen (secondary N) is 1. The maximum absolute atomic E-state index is 14.3. The first-order valence-electron chi connectivity index (χ1n) is 11.3. The largest absolute Gasteiger partial charge is 0.353 e. The van der Waals surface area contributed by atoms with Crippen LogP contribution >= 0.6 is 0 Å². The van der Waals surface area contributed by atoms with Crippen molar-refractivity contribution in [2.45, 2.75) is 30.5 Å². The topological polar surface area (TPSA) is 74.2 Å². The summed E-state index contributed by atoms with van der Waals surface area (Å²) in [5, 5.41) is 3.13. The molecule has 0 bridgehead atoms. The third-order valence-electron chi connectivity index (χ3n) is 6.75. The number of amides is 1. The average molecular weight is 465 g/mol. The minimum Gasteiger partial charge on any atom is -0.353 e. The van der Waals surface area contributed by atoms with Gasteiger partial charge in [0, 0.05) is 54.9 Å². The molecular formula is C25H26F2N6O. The Labute approximate surface area is 196 Å². The van der Waals surface area contributed by atoms with Crippen LogP contribution in [0.4, 0.5) is 20.4 Å². The first kappa shape index (κ1) is 22.3. The van der Waals surface area contributed by atoms with Crippen LogP contribution in [-0.4, -0.2) is 65.2 Å². The second kappa shape index (κ2) is 9.06. The van der Waals surface area contributed by atoms with Crippen LogP contribution in [0.5, 0.6) is 0 Å². The van der Waals surface area contributed by atoms with E-state index >= 15 is 0 Å². The van der Waals surface area contributed by atoms with Gasteiger partial charge in [-0.25, -0.2) is 18.7 Å². The maximum atomic E-state index is 14.3. The molecule has 1 amide bonds. The van der Waals surface area contributed by atoms with Crippen molar-refractivity contribution in [1.82, 2.24) is 19.9 Å². The second-order valence-corrected chi connectivity index (χ2v) is 9.21. The predicted molar refractivity (Wildman–Crippen MR) is 126 cm³/mol. The van der Waals surface area contributed by atoms with Crippen LogP contribution in [0.25, 0.3) is 11.1 Å². The molecular weight excluding hydrogens is 438 g/mol. The van der Waals surface area contributed by atoms with Crippen LogP contribution in [0.1, 0.15) is 18.5 Å². The molecule has 1 aliphatic heterocycles. The van der Waals surface area contributed by atoms with Crippen molar-refractivity contribution in [2.75, 3.05) is 36.9 Å². The summed E-state index contributed by atoms with van der Waals surface area (Å²) in [6, 6.07) is 10.8. The summed E-state index contributed by atoms with van der Waals surface area (Å²) in [5.41, 5.74) is 2.10. The number of aromatic nitrogens is 3. The number of nitrogens with zero attached hydrogens (tertiary/aromatic N) is 5. The van der Waals surface area contributed by atoms with Gasteiger partial charge in [-0.15, -0.1) is 0 Å². The Morgan fingerprint density at radius 2 is 1.91 bits per heavy atom. The van der Waals surface area contributed by atoms with E-state index in [1.807, 2.05) is 31.3 Å². The summed E-state index contributed by atoms with van der Waals surface area (Å²) in [5.74, 6) is -0.0461. The van der Waals surface area contributed by atoms with Gasteiger partial charge in [0.05, 0.1) is 11.7 Å². The third kappa shape index (κ3) is 4.23. The van der Waals surface area contributed by atoms with Crippen molar-refractivity contribution in [3.05, 3.63) is 66.5 Å². The van der Waals surface area contributed by atoms with E-state index in [-0.39, 0.29) is 24.6 Å². The molecule has 0 unspecified atom stereocenters. The Morgan fingerprint density at radius 1 is 1.15 bits per heavy atom. The van der Waals surface area contributed by atoms with E-state index in [1.165, 1.54) is 18.3 Å². The molecule has 0 atom stereocenters. The number of likely N-dealkylation sites (tertiary alicyclic amines) is 1. The van der Waals surface area contributed by atoms with Crippen LogP contribution in [-0.2, 0) is 10.2 Å². The zero-order valence-corrected chi connectivity index (χ0v) is 18.9. The number of pyridine rings is 1. The standard InChI is InChI=1S/C25H26F2N6O/c1-32-13-21(14-32)33(16-34)20-5-2-4-17(8-20)18-11-29-24(30-12-18)31-15-25(9-19(26)10-25)23-22(27)6-3-7-28-23/h2-8,11-12,16,19,21H,9-10,13-15H2,1H3,(H,29,30,31). The van der Waals surface area contributed by atoms with Crippen LogP contribution in [0.2, 0.25) is 0 Å². The summed E-state index contributed by atoms with van der Waals surface area (Å²) in [7, 11) is 2.03. The number of carbonyl (C=O) groups is 1. The van der Waals surface area contributed by atoms with Crippen molar-refractivity contribution in [3.8, 4) is 11.1 Å². The van der Waals surface area contributed by atoms with Gasteiger partial charge in [0.2, 0.25) is 12.4 Å². The highest BCUT2D eigenvalue weighted by Crippen LogP contribution is 2.45. The van der Waals surface area contributed by atoms with E-state index in [9.17, 15) is 13.6 Å². The molecule has 2 aliphatic rings. The molecule has 3 aromatic rings. The van der Waals surface area contributed by atoms with Gasteiger partial charge in [-0.3, -0.25) is 9.78 Å². The molecule has 7 nitrogen and oxygen atoms in total. The Bertz CT molecular complexity index is 1160. The van der Waals surface area contributed by atoms with E-state index in [2.05, 4.69) is 25.2 Å². The summed E-state index contributed by atoms with van der Waals surface area (Å²) in [6.07, 6.45) is 5.26. The lowest BCUT2D eigenvalue weighted by atomic mass is 9.65. The zero-order chi connectivity index (χ0) is 23.7. The normalized spacial score (nSPS) is 22.5. The molecule has 1 N–H and O–H groups in total. The molecule has 0 spiro atoms. The van der Waals surface area contributed by atoms with Crippen molar-refractivity contribution >= 4 is 18.0 Å². The molecule has 2 aromatic heterocycles. The number of likely N-dealkylation sites (N-methyl/N-ethyl adjacent to an activating group) is 1. The molecule has 1 saturated carbocycles. The van der Waals surface area contributed by atoms with Gasteiger partial charge < -0.3 is 15.1 Å². The predicted octanol–water partition coefficient (Wildman–Crippen LogP) is 3.44. The monoisotopic (exact) mass is 464 g/mol. The molecule has 5 rings (SSSR count). The SMILES string of the molecule is CN1CC(N(C=O)c2cccc(-c3cnc(NCC4(c5ncccc5F)CC(F)C4)nc3)c2)C1.